The van der Waals surface area contributed by atoms with Gasteiger partial charge in [0.15, 0.2) is 16.9 Å². The van der Waals surface area contributed by atoms with Gasteiger partial charge in [0.05, 0.1) is 0 Å². The monoisotopic (exact) mass is 657 g/mol. The first-order valence-corrected chi connectivity index (χ1v) is 15.9. The number of carbonyl (C=O) groups is 4. The summed E-state index contributed by atoms with van der Waals surface area (Å²) in [5.41, 5.74) is 8.08. The van der Waals surface area contributed by atoms with Crippen LogP contribution in [0.1, 0.15) is 29.8 Å². The summed E-state index contributed by atoms with van der Waals surface area (Å²) in [6, 6.07) is 17.5. The summed E-state index contributed by atoms with van der Waals surface area (Å²) in [5, 5.41) is 7.64. The fourth-order valence-corrected chi connectivity index (χ4v) is 6.98. The second kappa shape index (κ2) is 13.0. The first-order valence-electron chi connectivity index (χ1n) is 14.0. The lowest BCUT2D eigenvalue weighted by Crippen LogP contribution is -2.71. The molecule has 1 fully saturated rings. The van der Waals surface area contributed by atoms with Crippen LogP contribution in [0, 0.1) is 0 Å². The van der Waals surface area contributed by atoms with E-state index in [1.165, 1.54) is 23.8 Å². The molecule has 1 aromatic heterocycles. The third-order valence-electron chi connectivity index (χ3n) is 7.28. The Morgan fingerprint density at radius 3 is 2.37 bits per heavy atom. The molecule has 3 aliphatic rings. The highest BCUT2D eigenvalue weighted by atomic mass is 32.2. The number of allylic oxidation sites excluding steroid dienone is 2. The van der Waals surface area contributed by atoms with Gasteiger partial charge in [0.1, 0.15) is 35.7 Å². The van der Waals surface area contributed by atoms with Crippen LogP contribution in [0.15, 0.2) is 106 Å². The number of amides is 2. The zero-order valence-corrected chi connectivity index (χ0v) is 26.2. The maximum Gasteiger partial charge on any atom is 0.356 e. The highest BCUT2D eigenvalue weighted by Gasteiger charge is 2.55. The van der Waals surface area contributed by atoms with E-state index in [1.54, 1.807) is 24.5 Å². The van der Waals surface area contributed by atoms with Crippen molar-refractivity contribution >= 4 is 57.7 Å². The first-order chi connectivity index (χ1) is 22.2. The van der Waals surface area contributed by atoms with Crippen molar-refractivity contribution in [1.29, 1.82) is 0 Å². The molecule has 3 aliphatic heterocycles. The number of ether oxygens (including phenoxy) is 2. The van der Waals surface area contributed by atoms with Crippen LogP contribution < -0.4 is 11.1 Å². The van der Waals surface area contributed by atoms with Crippen LogP contribution >= 0.6 is 23.1 Å². The van der Waals surface area contributed by atoms with Crippen LogP contribution in [0.25, 0.3) is 0 Å². The Morgan fingerprint density at radius 1 is 1.13 bits per heavy atom. The number of benzene rings is 2. The van der Waals surface area contributed by atoms with Crippen molar-refractivity contribution in [2.24, 2.45) is 5.16 Å². The molecule has 0 unspecified atom stereocenters. The molecule has 2 atom stereocenters. The minimum absolute atomic E-state index is 0.00401. The van der Waals surface area contributed by atoms with Gasteiger partial charge in [0.2, 0.25) is 0 Å². The Hall–Kier alpha value is -5.21. The van der Waals surface area contributed by atoms with E-state index in [0.29, 0.717) is 11.1 Å². The number of carbonyl (C=O) groups excluding carboxylic acids is 4. The van der Waals surface area contributed by atoms with Gasteiger partial charge < -0.3 is 25.4 Å². The summed E-state index contributed by atoms with van der Waals surface area (Å²) in [5.74, 6) is -1.98. The number of hydrogen-bond donors (Lipinski definition) is 2. The Bertz CT molecular complexity index is 1800. The van der Waals surface area contributed by atoms with Crippen LogP contribution in [0.4, 0.5) is 5.13 Å². The van der Waals surface area contributed by atoms with Gasteiger partial charge in [-0.1, -0.05) is 65.8 Å². The Kier molecular flexibility index (Phi) is 8.72. The van der Waals surface area contributed by atoms with Gasteiger partial charge >= 0.3 is 11.9 Å². The molecule has 234 valence electrons. The van der Waals surface area contributed by atoms with Crippen molar-refractivity contribution in [1.82, 2.24) is 15.2 Å². The van der Waals surface area contributed by atoms with Gasteiger partial charge in [0, 0.05) is 16.7 Å². The van der Waals surface area contributed by atoms with Crippen LogP contribution in [0.3, 0.4) is 0 Å². The minimum atomic E-state index is -0.988. The van der Waals surface area contributed by atoms with Crippen molar-refractivity contribution in [2.75, 3.05) is 18.6 Å². The van der Waals surface area contributed by atoms with Gasteiger partial charge in [-0.2, -0.15) is 0 Å². The molecule has 4 heterocycles. The fraction of sp³-hybridized carbons (Fsp3) is 0.188. The van der Waals surface area contributed by atoms with E-state index in [4.69, 9.17) is 20.0 Å². The highest BCUT2D eigenvalue weighted by Crippen LogP contribution is 2.42. The molecule has 12 nitrogen and oxygen atoms in total. The number of fused-ring (bicyclic) bond motifs is 1. The fourth-order valence-electron chi connectivity index (χ4n) is 5.12. The van der Waals surface area contributed by atoms with Gasteiger partial charge in [-0.3, -0.25) is 14.5 Å². The van der Waals surface area contributed by atoms with Crippen LogP contribution in [0.2, 0.25) is 0 Å². The van der Waals surface area contributed by atoms with Gasteiger partial charge in [0.25, 0.3) is 11.8 Å². The second-order valence-electron chi connectivity index (χ2n) is 10.3. The number of esters is 2. The number of oxime groups is 1. The predicted molar refractivity (Wildman–Crippen MR) is 171 cm³/mol. The van der Waals surface area contributed by atoms with Crippen LogP contribution in [0.5, 0.6) is 0 Å². The second-order valence-corrected chi connectivity index (χ2v) is 12.3. The molecule has 2 amide bonds. The first kappa shape index (κ1) is 30.8. The standard InChI is InChI=1S/C32H27N5O7S2/c1-17-13-21(43-30(17)40)14-20-15-45-29-24(35-27(38)23(36-42-2)22-16-46-32(33)34-22)28(39)37(29)25(20)31(41)44-26(18-9-5-3-6-10-18)19-11-7-4-8-12-19/h3-14,16,24,26,29H,15H2,1-2H3,(H2,33,34)(H,35,38)/b21-14+,36-23-/t24-,29+/m1/s1. The van der Waals surface area contributed by atoms with Crippen LogP contribution in [-0.4, -0.2) is 63.6 Å². The van der Waals surface area contributed by atoms with Gasteiger partial charge in [-0.05, 0) is 35.8 Å². The van der Waals surface area contributed by atoms with Crippen molar-refractivity contribution in [3.63, 3.8) is 0 Å². The third-order valence-corrected chi connectivity index (χ3v) is 9.25. The normalized spacial score (nSPS) is 20.2. The molecule has 0 radical (unpaired) electrons. The Morgan fingerprint density at radius 2 is 1.80 bits per heavy atom. The number of rotatable bonds is 9. The number of nitrogens with zero attached hydrogens (tertiary/aromatic N) is 3. The van der Waals surface area contributed by atoms with E-state index in [2.05, 4.69) is 15.5 Å². The molecule has 2 aromatic carbocycles. The van der Waals surface area contributed by atoms with E-state index in [-0.39, 0.29) is 33.7 Å². The average molecular weight is 658 g/mol. The zero-order chi connectivity index (χ0) is 32.4. The summed E-state index contributed by atoms with van der Waals surface area (Å²) in [4.78, 5) is 63.4. The number of cyclic esters (lactones) is 1. The van der Waals surface area contributed by atoms with Crippen molar-refractivity contribution < 1.29 is 33.5 Å². The maximum absolute atomic E-state index is 14.1. The molecule has 14 heteroatoms. The lowest BCUT2D eigenvalue weighted by Gasteiger charge is -2.49. The quantitative estimate of drug-likeness (QED) is 0.151. The number of nitrogen functional groups attached to an aromatic ring is 1. The number of hydrogen-bond acceptors (Lipinski definition) is 12. The summed E-state index contributed by atoms with van der Waals surface area (Å²) in [6.07, 6.45) is 2.35. The molecular weight excluding hydrogens is 631 g/mol. The van der Waals surface area contributed by atoms with E-state index >= 15 is 0 Å². The van der Waals surface area contributed by atoms with Gasteiger partial charge in [-0.15, -0.1) is 23.1 Å². The molecule has 0 spiro atoms. The van der Waals surface area contributed by atoms with Crippen molar-refractivity contribution in [2.45, 2.75) is 24.4 Å². The Labute approximate surface area is 271 Å². The molecule has 0 aliphatic carbocycles. The molecular formula is C32H27N5O7S2. The lowest BCUT2D eigenvalue weighted by atomic mass is 10.00. The number of aromatic nitrogens is 1. The predicted octanol–water partition coefficient (Wildman–Crippen LogP) is 3.45. The lowest BCUT2D eigenvalue weighted by molar-refractivity contribution is -0.154. The minimum Gasteiger partial charge on any atom is -0.448 e. The van der Waals surface area contributed by atoms with Crippen molar-refractivity contribution in [3.05, 3.63) is 118 Å². The zero-order valence-electron chi connectivity index (χ0n) is 24.5. The smallest absolute Gasteiger partial charge is 0.356 e. The number of anilines is 1. The summed E-state index contributed by atoms with van der Waals surface area (Å²) < 4.78 is 11.5. The number of nitrogens with one attached hydrogen (secondary N) is 1. The van der Waals surface area contributed by atoms with Gasteiger partial charge in [-0.25, -0.2) is 14.6 Å². The molecule has 3 N–H and O–H groups in total. The van der Waals surface area contributed by atoms with E-state index in [9.17, 15) is 19.2 Å². The number of thioether (sulfide) groups is 1. The van der Waals surface area contributed by atoms with E-state index < -0.39 is 41.3 Å². The summed E-state index contributed by atoms with van der Waals surface area (Å²) >= 11 is 2.46. The summed E-state index contributed by atoms with van der Waals surface area (Å²) in [6.45, 7) is 1.62. The number of nitrogens with two attached hydrogens (primary N) is 1. The molecule has 0 bridgehead atoms. The third kappa shape index (κ3) is 6.04. The van der Waals surface area contributed by atoms with E-state index in [0.717, 1.165) is 22.5 Å². The molecule has 0 saturated carbocycles. The molecule has 46 heavy (non-hydrogen) atoms. The highest BCUT2D eigenvalue weighted by molar-refractivity contribution is 8.00. The SMILES string of the molecule is CO/N=C(\C(=O)N[C@@H]1C(=O)N2C(C(=O)OC(c3ccccc3)c3ccccc3)=C(/C=C3\C=C(C)C(=O)O3)CS[C@@H]12)c1csc(N)n1. The van der Waals surface area contributed by atoms with Crippen LogP contribution in [-0.2, 0) is 33.5 Å². The van der Waals surface area contributed by atoms with Crippen molar-refractivity contribution in [3.8, 4) is 0 Å². The molecule has 1 saturated heterocycles. The largest absolute Gasteiger partial charge is 0.448 e. The Balaban J connectivity index is 1.32. The summed E-state index contributed by atoms with van der Waals surface area (Å²) in [7, 11) is 1.28. The number of β-lactam (4-membered cyclic amide) rings is 1. The molecule has 3 aromatic rings. The number of thiazole rings is 1. The molecule has 6 rings (SSSR count). The van der Waals surface area contributed by atoms with E-state index in [1.807, 2.05) is 60.7 Å². The maximum atomic E-state index is 14.1. The average Bonchev–Trinajstić information content (AvgIpc) is 3.64. The topological polar surface area (TPSA) is 163 Å².